The van der Waals surface area contributed by atoms with Crippen molar-refractivity contribution in [1.82, 2.24) is 10.2 Å². The SMILES string of the molecule is N#CC1(C(=O)NCC2CN3CCCC3CO2)CCCCC1. The van der Waals surface area contributed by atoms with Crippen molar-refractivity contribution in [3.63, 3.8) is 0 Å². The van der Waals surface area contributed by atoms with E-state index in [1.807, 2.05) is 0 Å². The van der Waals surface area contributed by atoms with Gasteiger partial charge in [0.1, 0.15) is 5.41 Å². The standard InChI is InChI=1S/C16H25N3O2/c17-12-16(6-2-1-3-7-16)15(20)18-9-14-10-19-8-4-5-13(19)11-21-14/h13-14H,1-11H2,(H,18,20). The van der Waals surface area contributed by atoms with Crippen LogP contribution in [0.5, 0.6) is 0 Å². The number of carbonyl (C=O) groups excluding carboxylic acids is 1. The minimum absolute atomic E-state index is 0.0719. The number of rotatable bonds is 3. The zero-order valence-electron chi connectivity index (χ0n) is 12.6. The Balaban J connectivity index is 1.50. The van der Waals surface area contributed by atoms with Gasteiger partial charge >= 0.3 is 0 Å². The van der Waals surface area contributed by atoms with Crippen molar-refractivity contribution in [3.8, 4) is 6.07 Å². The lowest BCUT2D eigenvalue weighted by Gasteiger charge is -2.36. The number of hydrogen-bond acceptors (Lipinski definition) is 4. The second-order valence-electron chi connectivity index (χ2n) is 6.71. The van der Waals surface area contributed by atoms with Gasteiger partial charge in [0, 0.05) is 19.1 Å². The van der Waals surface area contributed by atoms with Crippen molar-refractivity contribution in [2.24, 2.45) is 5.41 Å². The van der Waals surface area contributed by atoms with Gasteiger partial charge in [0.15, 0.2) is 0 Å². The predicted molar refractivity (Wildman–Crippen MR) is 78.5 cm³/mol. The molecule has 2 atom stereocenters. The van der Waals surface area contributed by atoms with Gasteiger partial charge in [-0.1, -0.05) is 19.3 Å². The molecule has 3 fully saturated rings. The molecule has 3 rings (SSSR count). The van der Waals surface area contributed by atoms with Crippen molar-refractivity contribution in [1.29, 1.82) is 5.26 Å². The highest BCUT2D eigenvalue weighted by Crippen LogP contribution is 2.35. The van der Waals surface area contributed by atoms with Crippen molar-refractivity contribution in [2.75, 3.05) is 26.2 Å². The smallest absolute Gasteiger partial charge is 0.240 e. The maximum atomic E-state index is 12.4. The average molecular weight is 291 g/mol. The van der Waals surface area contributed by atoms with Crippen molar-refractivity contribution in [3.05, 3.63) is 0 Å². The Labute approximate surface area is 126 Å². The summed E-state index contributed by atoms with van der Waals surface area (Å²) in [5, 5.41) is 12.4. The normalized spacial score (nSPS) is 32.1. The van der Waals surface area contributed by atoms with E-state index in [1.165, 1.54) is 12.8 Å². The first-order valence-electron chi connectivity index (χ1n) is 8.29. The van der Waals surface area contributed by atoms with Gasteiger partial charge in [-0.3, -0.25) is 9.69 Å². The van der Waals surface area contributed by atoms with E-state index in [4.69, 9.17) is 4.74 Å². The van der Waals surface area contributed by atoms with Crippen LogP contribution in [0.15, 0.2) is 0 Å². The molecule has 1 aliphatic carbocycles. The van der Waals surface area contributed by atoms with Gasteiger partial charge < -0.3 is 10.1 Å². The van der Waals surface area contributed by atoms with E-state index in [0.29, 0.717) is 25.4 Å². The van der Waals surface area contributed by atoms with E-state index in [-0.39, 0.29) is 12.0 Å². The summed E-state index contributed by atoms with van der Waals surface area (Å²) in [6, 6.07) is 2.86. The van der Waals surface area contributed by atoms with Crippen LogP contribution in [0.4, 0.5) is 0 Å². The first-order valence-corrected chi connectivity index (χ1v) is 8.29. The van der Waals surface area contributed by atoms with Gasteiger partial charge in [-0.15, -0.1) is 0 Å². The topological polar surface area (TPSA) is 65.4 Å². The lowest BCUT2D eigenvalue weighted by Crippen LogP contribution is -2.51. The molecular weight excluding hydrogens is 266 g/mol. The summed E-state index contributed by atoms with van der Waals surface area (Å²) in [7, 11) is 0. The molecule has 1 amide bonds. The number of fused-ring (bicyclic) bond motifs is 1. The van der Waals surface area contributed by atoms with Gasteiger partial charge in [-0.05, 0) is 32.2 Å². The van der Waals surface area contributed by atoms with Crippen LogP contribution in [-0.4, -0.2) is 49.2 Å². The molecule has 0 aromatic heterocycles. The first kappa shape index (κ1) is 14.8. The van der Waals surface area contributed by atoms with Crippen molar-refractivity contribution in [2.45, 2.75) is 57.1 Å². The third-order valence-electron chi connectivity index (χ3n) is 5.31. The maximum absolute atomic E-state index is 12.4. The largest absolute Gasteiger partial charge is 0.373 e. The maximum Gasteiger partial charge on any atom is 0.240 e. The highest BCUT2D eigenvalue weighted by atomic mass is 16.5. The predicted octanol–water partition coefficient (Wildman–Crippen LogP) is 1.44. The fourth-order valence-electron chi connectivity index (χ4n) is 3.93. The summed E-state index contributed by atoms with van der Waals surface area (Å²) >= 11 is 0. The summed E-state index contributed by atoms with van der Waals surface area (Å²) in [5.74, 6) is -0.0863. The molecule has 0 aromatic rings. The molecule has 5 nitrogen and oxygen atoms in total. The third-order valence-corrected chi connectivity index (χ3v) is 5.31. The highest BCUT2D eigenvalue weighted by molar-refractivity contribution is 5.85. The number of ether oxygens (including phenoxy) is 1. The number of nitrogens with zero attached hydrogens (tertiary/aromatic N) is 2. The number of amides is 1. The van der Waals surface area contributed by atoms with E-state index in [1.54, 1.807) is 0 Å². The zero-order chi connectivity index (χ0) is 14.7. The highest BCUT2D eigenvalue weighted by Gasteiger charge is 2.40. The minimum atomic E-state index is -0.789. The summed E-state index contributed by atoms with van der Waals surface area (Å²) in [6.45, 7) is 3.38. The van der Waals surface area contributed by atoms with Gasteiger partial charge in [0.25, 0.3) is 0 Å². The minimum Gasteiger partial charge on any atom is -0.373 e. The van der Waals surface area contributed by atoms with E-state index in [0.717, 1.165) is 39.0 Å². The van der Waals surface area contributed by atoms with Crippen LogP contribution in [0.3, 0.4) is 0 Å². The molecule has 21 heavy (non-hydrogen) atoms. The first-order chi connectivity index (χ1) is 10.2. The fraction of sp³-hybridized carbons (Fsp3) is 0.875. The van der Waals surface area contributed by atoms with Gasteiger partial charge in [-0.25, -0.2) is 0 Å². The summed E-state index contributed by atoms with van der Waals surface area (Å²) in [5.41, 5.74) is -0.789. The molecule has 0 aromatic carbocycles. The molecule has 1 saturated carbocycles. The molecule has 116 valence electrons. The summed E-state index contributed by atoms with van der Waals surface area (Å²) in [6.07, 6.45) is 7.07. The Hall–Kier alpha value is -1.12. The van der Waals surface area contributed by atoms with Crippen LogP contribution in [0.1, 0.15) is 44.9 Å². The Morgan fingerprint density at radius 3 is 2.90 bits per heavy atom. The van der Waals surface area contributed by atoms with E-state index >= 15 is 0 Å². The lowest BCUT2D eigenvalue weighted by atomic mass is 9.74. The number of hydrogen-bond donors (Lipinski definition) is 1. The second kappa shape index (κ2) is 6.33. The van der Waals surface area contributed by atoms with E-state index < -0.39 is 5.41 Å². The van der Waals surface area contributed by atoms with Crippen LogP contribution < -0.4 is 5.32 Å². The molecule has 5 heteroatoms. The summed E-state index contributed by atoms with van der Waals surface area (Å²) in [4.78, 5) is 14.9. The van der Waals surface area contributed by atoms with Crippen LogP contribution in [0.25, 0.3) is 0 Å². The molecule has 2 unspecified atom stereocenters. The Kier molecular flexibility index (Phi) is 4.46. The Morgan fingerprint density at radius 2 is 2.14 bits per heavy atom. The monoisotopic (exact) mass is 291 g/mol. The lowest BCUT2D eigenvalue weighted by molar-refractivity contribution is -0.131. The average Bonchev–Trinajstić information content (AvgIpc) is 3.00. The molecule has 0 spiro atoms. The van der Waals surface area contributed by atoms with Gasteiger partial charge in [0.2, 0.25) is 5.91 Å². The van der Waals surface area contributed by atoms with E-state index in [9.17, 15) is 10.1 Å². The molecule has 3 aliphatic rings. The molecule has 2 saturated heterocycles. The van der Waals surface area contributed by atoms with Gasteiger partial charge in [0.05, 0.1) is 18.8 Å². The molecule has 2 aliphatic heterocycles. The second-order valence-corrected chi connectivity index (χ2v) is 6.71. The molecule has 1 N–H and O–H groups in total. The van der Waals surface area contributed by atoms with Crippen LogP contribution in [0.2, 0.25) is 0 Å². The van der Waals surface area contributed by atoms with Crippen molar-refractivity contribution >= 4 is 5.91 Å². The Bertz CT molecular complexity index is 426. The number of nitriles is 1. The van der Waals surface area contributed by atoms with Gasteiger partial charge in [-0.2, -0.15) is 5.26 Å². The number of nitrogens with one attached hydrogen (secondary N) is 1. The van der Waals surface area contributed by atoms with Crippen molar-refractivity contribution < 1.29 is 9.53 Å². The van der Waals surface area contributed by atoms with Crippen LogP contribution in [-0.2, 0) is 9.53 Å². The molecule has 0 radical (unpaired) electrons. The molecule has 0 bridgehead atoms. The summed E-state index contributed by atoms with van der Waals surface area (Å²) < 4.78 is 5.86. The number of morpholine rings is 1. The van der Waals surface area contributed by atoms with Crippen LogP contribution >= 0.6 is 0 Å². The Morgan fingerprint density at radius 1 is 1.33 bits per heavy atom. The fourth-order valence-corrected chi connectivity index (χ4v) is 3.93. The third kappa shape index (κ3) is 3.07. The zero-order valence-corrected chi connectivity index (χ0v) is 12.6. The number of carbonyl (C=O) groups is 1. The molecule has 2 heterocycles. The quantitative estimate of drug-likeness (QED) is 0.854. The van der Waals surface area contributed by atoms with Crippen LogP contribution in [0, 0.1) is 16.7 Å². The van der Waals surface area contributed by atoms with E-state index in [2.05, 4.69) is 16.3 Å². The molecular formula is C16H25N3O2.